The molecule has 0 radical (unpaired) electrons. The zero-order valence-electron chi connectivity index (χ0n) is 7.76. The number of rotatable bonds is 3. The van der Waals surface area contributed by atoms with Crippen LogP contribution in [0.1, 0.15) is 12.5 Å². The van der Waals surface area contributed by atoms with Crippen LogP contribution in [0.25, 0.3) is 0 Å². The number of ketones is 1. The van der Waals surface area contributed by atoms with Gasteiger partial charge < -0.3 is 0 Å². The summed E-state index contributed by atoms with van der Waals surface area (Å²) >= 11 is 3.15. The summed E-state index contributed by atoms with van der Waals surface area (Å²) in [5, 5.41) is 0. The third-order valence-corrected chi connectivity index (χ3v) is 2.23. The molecule has 0 unspecified atom stereocenters. The number of allylic oxidation sites excluding steroid dienone is 2. The topological polar surface area (TPSA) is 17.1 Å². The molecule has 14 heavy (non-hydrogen) atoms. The van der Waals surface area contributed by atoms with Crippen molar-refractivity contribution >= 4 is 21.7 Å². The van der Waals surface area contributed by atoms with Gasteiger partial charge in [-0.1, -0.05) is 28.1 Å². The second-order valence-electron chi connectivity index (χ2n) is 2.88. The Balaban J connectivity index is 2.82. The average Bonchev–Trinajstić information content (AvgIpc) is 2.10. The normalized spacial score (nSPS) is 10.8. The summed E-state index contributed by atoms with van der Waals surface area (Å²) in [6, 6.07) is 4.69. The Bertz CT molecular complexity index is 372. The first-order valence-corrected chi connectivity index (χ1v) is 5.02. The minimum atomic E-state index is -0.350. The van der Waals surface area contributed by atoms with Crippen molar-refractivity contribution in [1.29, 1.82) is 0 Å². The molecule has 74 valence electrons. The lowest BCUT2D eigenvalue weighted by Gasteiger charge is -2.00. The van der Waals surface area contributed by atoms with E-state index in [9.17, 15) is 9.18 Å². The van der Waals surface area contributed by atoms with Crippen LogP contribution in [0.15, 0.2) is 34.8 Å². The molecule has 0 heterocycles. The van der Waals surface area contributed by atoms with Crippen molar-refractivity contribution in [2.75, 3.05) is 0 Å². The fraction of sp³-hybridized carbons (Fsp3) is 0.182. The van der Waals surface area contributed by atoms with Crippen LogP contribution in [0, 0.1) is 5.82 Å². The van der Waals surface area contributed by atoms with E-state index in [1.54, 1.807) is 25.1 Å². The molecule has 0 saturated carbocycles. The van der Waals surface area contributed by atoms with Gasteiger partial charge in [0, 0.05) is 10.9 Å². The SMILES string of the molecule is C/C=C/C(=O)Cc1ccc(Br)cc1F. The van der Waals surface area contributed by atoms with Gasteiger partial charge in [0.15, 0.2) is 5.78 Å². The lowest BCUT2D eigenvalue weighted by Crippen LogP contribution is -2.00. The standard InChI is InChI=1S/C11H10BrFO/c1-2-3-10(14)6-8-4-5-9(12)7-11(8)13/h2-5,7H,6H2,1H3/b3-2+. The van der Waals surface area contributed by atoms with Crippen molar-refractivity contribution < 1.29 is 9.18 Å². The summed E-state index contributed by atoms with van der Waals surface area (Å²) in [5.74, 6) is -0.439. The third kappa shape index (κ3) is 3.07. The Hall–Kier alpha value is -0.960. The molecule has 1 aromatic carbocycles. The maximum Gasteiger partial charge on any atom is 0.159 e. The summed E-state index contributed by atoms with van der Waals surface area (Å²) in [7, 11) is 0. The highest BCUT2D eigenvalue weighted by Crippen LogP contribution is 2.15. The van der Waals surface area contributed by atoms with Crippen LogP contribution < -0.4 is 0 Å². The zero-order valence-corrected chi connectivity index (χ0v) is 9.34. The van der Waals surface area contributed by atoms with Gasteiger partial charge in [-0.2, -0.15) is 0 Å². The molecule has 0 aliphatic rings. The van der Waals surface area contributed by atoms with Gasteiger partial charge in [-0.15, -0.1) is 0 Å². The predicted molar refractivity (Wildman–Crippen MR) is 57.6 cm³/mol. The van der Waals surface area contributed by atoms with Gasteiger partial charge in [-0.25, -0.2) is 4.39 Å². The molecule has 1 rings (SSSR count). The smallest absolute Gasteiger partial charge is 0.159 e. The molecular weight excluding hydrogens is 247 g/mol. The molecule has 0 amide bonds. The van der Waals surface area contributed by atoms with E-state index in [1.807, 2.05) is 0 Å². The summed E-state index contributed by atoms with van der Waals surface area (Å²) in [4.78, 5) is 11.2. The van der Waals surface area contributed by atoms with Gasteiger partial charge in [0.2, 0.25) is 0 Å². The molecule has 0 aliphatic heterocycles. The first kappa shape index (κ1) is 11.1. The van der Waals surface area contributed by atoms with Gasteiger partial charge >= 0.3 is 0 Å². The summed E-state index contributed by atoms with van der Waals surface area (Å²) in [6.45, 7) is 1.76. The first-order chi connectivity index (χ1) is 6.63. The van der Waals surface area contributed by atoms with Crippen LogP contribution in [0.4, 0.5) is 4.39 Å². The molecular formula is C11H10BrFO. The van der Waals surface area contributed by atoms with Crippen molar-refractivity contribution in [2.45, 2.75) is 13.3 Å². The number of halogens is 2. The van der Waals surface area contributed by atoms with E-state index in [1.165, 1.54) is 12.1 Å². The maximum absolute atomic E-state index is 13.2. The number of benzene rings is 1. The Morgan fingerprint density at radius 2 is 2.29 bits per heavy atom. The van der Waals surface area contributed by atoms with Gasteiger partial charge in [-0.3, -0.25) is 4.79 Å². The van der Waals surface area contributed by atoms with Crippen molar-refractivity contribution in [3.05, 3.63) is 46.2 Å². The van der Waals surface area contributed by atoms with Crippen LogP contribution in [-0.4, -0.2) is 5.78 Å². The predicted octanol–water partition coefficient (Wildman–Crippen LogP) is 3.28. The Morgan fingerprint density at radius 1 is 1.57 bits per heavy atom. The molecule has 0 spiro atoms. The molecule has 1 aromatic rings. The molecule has 0 atom stereocenters. The Morgan fingerprint density at radius 3 is 2.86 bits per heavy atom. The Kier molecular flexibility index (Phi) is 4.01. The monoisotopic (exact) mass is 256 g/mol. The second-order valence-corrected chi connectivity index (χ2v) is 3.79. The minimum Gasteiger partial charge on any atom is -0.294 e. The van der Waals surface area contributed by atoms with Crippen molar-refractivity contribution in [3.63, 3.8) is 0 Å². The highest BCUT2D eigenvalue weighted by Gasteiger charge is 2.05. The zero-order chi connectivity index (χ0) is 10.6. The van der Waals surface area contributed by atoms with Crippen LogP contribution in [-0.2, 0) is 11.2 Å². The molecule has 0 fully saturated rings. The highest BCUT2D eigenvalue weighted by atomic mass is 79.9. The van der Waals surface area contributed by atoms with E-state index in [0.29, 0.717) is 10.0 Å². The summed E-state index contributed by atoms with van der Waals surface area (Å²) in [5.41, 5.74) is 0.427. The largest absolute Gasteiger partial charge is 0.294 e. The number of carbonyl (C=O) groups is 1. The van der Waals surface area contributed by atoms with Crippen molar-refractivity contribution in [3.8, 4) is 0 Å². The van der Waals surface area contributed by atoms with Crippen LogP contribution in [0.2, 0.25) is 0 Å². The molecule has 3 heteroatoms. The fourth-order valence-corrected chi connectivity index (χ4v) is 1.43. The Labute approximate surface area is 90.8 Å². The number of carbonyl (C=O) groups excluding carboxylic acids is 1. The van der Waals surface area contributed by atoms with E-state index in [2.05, 4.69) is 15.9 Å². The molecule has 1 nitrogen and oxygen atoms in total. The minimum absolute atomic E-state index is 0.0891. The fourth-order valence-electron chi connectivity index (χ4n) is 1.10. The van der Waals surface area contributed by atoms with Gasteiger partial charge in [0.1, 0.15) is 5.82 Å². The van der Waals surface area contributed by atoms with E-state index in [-0.39, 0.29) is 18.0 Å². The number of hydrogen-bond acceptors (Lipinski definition) is 1. The van der Waals surface area contributed by atoms with Gasteiger partial charge in [0.25, 0.3) is 0 Å². The van der Waals surface area contributed by atoms with E-state index in [4.69, 9.17) is 0 Å². The van der Waals surface area contributed by atoms with Gasteiger partial charge in [0.05, 0.1) is 0 Å². The molecule has 0 aromatic heterocycles. The summed E-state index contributed by atoms with van der Waals surface area (Å²) in [6.07, 6.45) is 3.21. The molecule has 0 bridgehead atoms. The highest BCUT2D eigenvalue weighted by molar-refractivity contribution is 9.10. The lowest BCUT2D eigenvalue weighted by molar-refractivity contribution is -0.114. The third-order valence-electron chi connectivity index (χ3n) is 1.73. The first-order valence-electron chi connectivity index (χ1n) is 4.23. The maximum atomic E-state index is 13.2. The summed E-state index contributed by atoms with van der Waals surface area (Å²) < 4.78 is 13.9. The molecule has 0 N–H and O–H groups in total. The van der Waals surface area contributed by atoms with Gasteiger partial charge in [-0.05, 0) is 30.7 Å². The van der Waals surface area contributed by atoms with E-state index in [0.717, 1.165) is 0 Å². The van der Waals surface area contributed by atoms with Crippen molar-refractivity contribution in [1.82, 2.24) is 0 Å². The molecule has 0 aliphatic carbocycles. The molecule has 0 saturated heterocycles. The number of hydrogen-bond donors (Lipinski definition) is 0. The lowest BCUT2D eigenvalue weighted by atomic mass is 10.1. The second kappa shape index (κ2) is 5.05. The van der Waals surface area contributed by atoms with Crippen LogP contribution >= 0.6 is 15.9 Å². The van der Waals surface area contributed by atoms with Crippen LogP contribution in [0.3, 0.4) is 0 Å². The average molecular weight is 257 g/mol. The van der Waals surface area contributed by atoms with Crippen LogP contribution in [0.5, 0.6) is 0 Å². The van der Waals surface area contributed by atoms with E-state index < -0.39 is 0 Å². The van der Waals surface area contributed by atoms with E-state index >= 15 is 0 Å². The van der Waals surface area contributed by atoms with Crippen molar-refractivity contribution in [2.24, 2.45) is 0 Å². The quantitative estimate of drug-likeness (QED) is 0.759.